The summed E-state index contributed by atoms with van der Waals surface area (Å²) in [6, 6.07) is 0. The lowest BCUT2D eigenvalue weighted by Gasteiger charge is -2.19. The van der Waals surface area contributed by atoms with Gasteiger partial charge in [0.25, 0.3) is 0 Å². The van der Waals surface area contributed by atoms with E-state index in [-0.39, 0.29) is 42.5 Å². The predicted molar refractivity (Wildman–Crippen MR) is 96.2 cm³/mol. The average Bonchev–Trinajstić information content (AvgIpc) is 3.15. The van der Waals surface area contributed by atoms with Crippen LogP contribution in [0.4, 0.5) is 5.13 Å². The van der Waals surface area contributed by atoms with E-state index < -0.39 is 0 Å². The molecule has 3 rings (SSSR count). The molecular formula is C16H20N4O3S2. The number of amides is 3. The molecule has 7 nitrogen and oxygen atoms in total. The molecule has 25 heavy (non-hydrogen) atoms. The third-order valence-corrected chi connectivity index (χ3v) is 6.44. The van der Waals surface area contributed by atoms with Gasteiger partial charge in [-0.15, -0.1) is 16.8 Å². The standard InChI is InChI=1S/C16H20N4O3S2/c1-2-9-24-16-19-18-15(25-16)17-12(21)7-8-20-13(22)10-5-3-4-6-11(10)14(20)23/h2,10-11H,1,3-9H2,(H,17,18,21)/t10-,11+. The Morgan fingerprint density at radius 1 is 1.28 bits per heavy atom. The molecule has 1 aromatic heterocycles. The molecule has 2 heterocycles. The molecule has 1 saturated carbocycles. The fraction of sp³-hybridized carbons (Fsp3) is 0.562. The zero-order chi connectivity index (χ0) is 17.8. The zero-order valence-electron chi connectivity index (χ0n) is 13.8. The highest BCUT2D eigenvalue weighted by molar-refractivity contribution is 8.01. The third kappa shape index (κ3) is 4.09. The molecule has 134 valence electrons. The summed E-state index contributed by atoms with van der Waals surface area (Å²) < 4.78 is 0.754. The lowest BCUT2D eigenvalue weighted by molar-refractivity contribution is -0.140. The molecule has 0 aromatic carbocycles. The molecule has 1 aliphatic heterocycles. The highest BCUT2D eigenvalue weighted by atomic mass is 32.2. The first kappa shape index (κ1) is 18.1. The van der Waals surface area contributed by atoms with Gasteiger partial charge in [0.1, 0.15) is 0 Å². The highest BCUT2D eigenvalue weighted by Crippen LogP contribution is 2.38. The molecule has 2 aliphatic rings. The first-order valence-electron chi connectivity index (χ1n) is 8.32. The molecule has 2 fully saturated rings. The maximum absolute atomic E-state index is 12.4. The van der Waals surface area contributed by atoms with Gasteiger partial charge in [-0.2, -0.15) is 0 Å². The van der Waals surface area contributed by atoms with E-state index in [4.69, 9.17) is 0 Å². The number of anilines is 1. The summed E-state index contributed by atoms with van der Waals surface area (Å²) >= 11 is 2.78. The number of thioether (sulfide) groups is 1. The summed E-state index contributed by atoms with van der Waals surface area (Å²) in [7, 11) is 0. The van der Waals surface area contributed by atoms with Crippen molar-refractivity contribution in [2.75, 3.05) is 17.6 Å². The van der Waals surface area contributed by atoms with Crippen LogP contribution in [0.5, 0.6) is 0 Å². The van der Waals surface area contributed by atoms with Crippen LogP contribution in [0.1, 0.15) is 32.1 Å². The molecule has 1 saturated heterocycles. The Hall–Kier alpha value is -1.74. The Morgan fingerprint density at radius 3 is 2.60 bits per heavy atom. The molecule has 0 bridgehead atoms. The van der Waals surface area contributed by atoms with Crippen molar-refractivity contribution in [2.24, 2.45) is 11.8 Å². The number of likely N-dealkylation sites (tertiary alicyclic amines) is 1. The zero-order valence-corrected chi connectivity index (χ0v) is 15.4. The van der Waals surface area contributed by atoms with Gasteiger partial charge in [0.2, 0.25) is 22.9 Å². The van der Waals surface area contributed by atoms with Gasteiger partial charge in [-0.3, -0.25) is 19.3 Å². The Labute approximate surface area is 154 Å². The first-order chi connectivity index (χ1) is 12.1. The Balaban J connectivity index is 1.50. The van der Waals surface area contributed by atoms with Crippen molar-refractivity contribution in [1.82, 2.24) is 15.1 Å². The Morgan fingerprint density at radius 2 is 1.96 bits per heavy atom. The second kappa shape index (κ2) is 8.09. The van der Waals surface area contributed by atoms with Gasteiger partial charge in [0, 0.05) is 18.7 Å². The molecule has 3 amide bonds. The van der Waals surface area contributed by atoms with Gasteiger partial charge in [-0.1, -0.05) is 42.0 Å². The van der Waals surface area contributed by atoms with Crippen LogP contribution in [0.15, 0.2) is 17.0 Å². The van der Waals surface area contributed by atoms with Crippen LogP contribution < -0.4 is 5.32 Å². The van der Waals surface area contributed by atoms with Gasteiger partial charge in [0.15, 0.2) is 4.34 Å². The fourth-order valence-electron chi connectivity index (χ4n) is 3.30. The molecule has 9 heteroatoms. The van der Waals surface area contributed by atoms with Crippen LogP contribution in [0, 0.1) is 11.8 Å². The lowest BCUT2D eigenvalue weighted by atomic mass is 9.81. The molecule has 1 aromatic rings. The van der Waals surface area contributed by atoms with Gasteiger partial charge >= 0.3 is 0 Å². The van der Waals surface area contributed by atoms with E-state index in [2.05, 4.69) is 22.1 Å². The highest BCUT2D eigenvalue weighted by Gasteiger charge is 2.47. The second-order valence-corrected chi connectivity index (χ2v) is 8.34. The van der Waals surface area contributed by atoms with Crippen molar-refractivity contribution in [3.63, 3.8) is 0 Å². The molecular weight excluding hydrogens is 360 g/mol. The average molecular weight is 380 g/mol. The number of hydrogen-bond donors (Lipinski definition) is 1. The van der Waals surface area contributed by atoms with E-state index in [9.17, 15) is 14.4 Å². The summed E-state index contributed by atoms with van der Waals surface area (Å²) in [5.74, 6) is -0.104. The molecule has 1 N–H and O–H groups in total. The summed E-state index contributed by atoms with van der Waals surface area (Å²) in [5.41, 5.74) is 0. The van der Waals surface area contributed by atoms with Gasteiger partial charge in [-0.25, -0.2) is 0 Å². The van der Waals surface area contributed by atoms with Crippen LogP contribution >= 0.6 is 23.1 Å². The number of fused-ring (bicyclic) bond motifs is 1. The van der Waals surface area contributed by atoms with Crippen molar-refractivity contribution in [1.29, 1.82) is 0 Å². The number of nitrogens with one attached hydrogen (secondary N) is 1. The van der Waals surface area contributed by atoms with Crippen LogP contribution in [0.2, 0.25) is 0 Å². The Bertz CT molecular complexity index is 667. The van der Waals surface area contributed by atoms with E-state index >= 15 is 0 Å². The van der Waals surface area contributed by atoms with E-state index in [0.29, 0.717) is 5.13 Å². The fourth-order valence-corrected chi connectivity index (χ4v) is 4.82. The van der Waals surface area contributed by atoms with Crippen molar-refractivity contribution >= 4 is 46.0 Å². The molecule has 0 spiro atoms. The van der Waals surface area contributed by atoms with Crippen LogP contribution in [-0.4, -0.2) is 45.1 Å². The SMILES string of the molecule is C=CCSc1nnc(NC(=O)CCN2C(=O)[C@H]3CCCC[C@H]3C2=O)s1. The third-order valence-electron chi connectivity index (χ3n) is 4.47. The number of imide groups is 1. The Kier molecular flexibility index (Phi) is 5.85. The minimum Gasteiger partial charge on any atom is -0.300 e. The van der Waals surface area contributed by atoms with Crippen LogP contribution in [0.25, 0.3) is 0 Å². The van der Waals surface area contributed by atoms with Crippen molar-refractivity contribution < 1.29 is 14.4 Å². The quantitative estimate of drug-likeness (QED) is 0.338. The lowest BCUT2D eigenvalue weighted by Crippen LogP contribution is -2.34. The van der Waals surface area contributed by atoms with E-state index in [1.807, 2.05) is 0 Å². The first-order valence-corrected chi connectivity index (χ1v) is 10.1. The molecule has 1 aliphatic carbocycles. The number of nitrogens with zero attached hydrogens (tertiary/aromatic N) is 3. The molecule has 0 unspecified atom stereocenters. The summed E-state index contributed by atoms with van der Waals surface area (Å²) in [6.07, 6.45) is 5.41. The largest absolute Gasteiger partial charge is 0.300 e. The summed E-state index contributed by atoms with van der Waals surface area (Å²) in [5, 5.41) is 11.0. The molecule has 2 atom stereocenters. The van der Waals surface area contributed by atoms with E-state index in [1.54, 1.807) is 6.08 Å². The van der Waals surface area contributed by atoms with E-state index in [0.717, 1.165) is 35.8 Å². The maximum Gasteiger partial charge on any atom is 0.233 e. The van der Waals surface area contributed by atoms with Crippen LogP contribution in [-0.2, 0) is 14.4 Å². The minimum atomic E-state index is -0.271. The number of carbonyl (C=O) groups is 3. The molecule has 0 radical (unpaired) electrons. The smallest absolute Gasteiger partial charge is 0.233 e. The van der Waals surface area contributed by atoms with Gasteiger partial charge in [-0.05, 0) is 12.8 Å². The van der Waals surface area contributed by atoms with E-state index in [1.165, 1.54) is 28.0 Å². The summed E-state index contributed by atoms with van der Waals surface area (Å²) in [4.78, 5) is 38.1. The maximum atomic E-state index is 12.4. The summed E-state index contributed by atoms with van der Waals surface area (Å²) in [6.45, 7) is 3.77. The van der Waals surface area contributed by atoms with Crippen molar-refractivity contribution in [2.45, 2.75) is 36.4 Å². The van der Waals surface area contributed by atoms with Gasteiger partial charge in [0.05, 0.1) is 11.8 Å². The van der Waals surface area contributed by atoms with Crippen molar-refractivity contribution in [3.05, 3.63) is 12.7 Å². The number of rotatable bonds is 7. The monoisotopic (exact) mass is 380 g/mol. The minimum absolute atomic E-state index is 0.0750. The topological polar surface area (TPSA) is 92.3 Å². The van der Waals surface area contributed by atoms with Crippen LogP contribution in [0.3, 0.4) is 0 Å². The van der Waals surface area contributed by atoms with Crippen molar-refractivity contribution in [3.8, 4) is 0 Å². The number of hydrogen-bond acceptors (Lipinski definition) is 7. The van der Waals surface area contributed by atoms with Gasteiger partial charge < -0.3 is 5.32 Å². The normalized spacial score (nSPS) is 22.8. The predicted octanol–water partition coefficient (Wildman–Crippen LogP) is 2.32. The number of carbonyl (C=O) groups excluding carboxylic acids is 3. The second-order valence-electron chi connectivity index (χ2n) is 6.10. The number of aromatic nitrogens is 2.